The molecular weight excluding hydrogens is 274 g/mol. The molecule has 4 heteroatoms. The van der Waals surface area contributed by atoms with Crippen molar-refractivity contribution in [2.75, 3.05) is 0 Å². The number of hydrogen-bond donors (Lipinski definition) is 1. The molecule has 0 aliphatic heterocycles. The minimum Gasteiger partial charge on any atom is -0.346 e. The zero-order valence-corrected chi connectivity index (χ0v) is 13.8. The fraction of sp³-hybridized carbons (Fsp3) is 0.333. The second-order valence-corrected chi connectivity index (χ2v) is 5.86. The van der Waals surface area contributed by atoms with Crippen LogP contribution in [0.15, 0.2) is 35.4 Å². The lowest BCUT2D eigenvalue weighted by atomic mass is 10.1. The summed E-state index contributed by atoms with van der Waals surface area (Å²) in [6.07, 6.45) is 1.70. The van der Waals surface area contributed by atoms with Gasteiger partial charge in [0.25, 0.3) is 5.91 Å². The average molecular weight is 297 g/mol. The van der Waals surface area contributed by atoms with Crippen LogP contribution in [0, 0.1) is 20.8 Å². The molecule has 0 unspecified atom stereocenters. The molecule has 0 aliphatic rings. The molecule has 116 valence electrons. The van der Waals surface area contributed by atoms with E-state index in [0.717, 1.165) is 16.8 Å². The normalized spacial score (nSPS) is 11.4. The Morgan fingerprint density at radius 3 is 2.36 bits per heavy atom. The maximum atomic E-state index is 12.0. The van der Waals surface area contributed by atoms with Crippen molar-refractivity contribution in [3.05, 3.63) is 58.4 Å². The molecule has 1 amide bonds. The van der Waals surface area contributed by atoms with Gasteiger partial charge in [-0.25, -0.2) is 5.43 Å². The maximum Gasteiger partial charge on any atom is 0.271 e. The second-order valence-electron chi connectivity index (χ2n) is 5.86. The minimum absolute atomic E-state index is 0.200. The van der Waals surface area contributed by atoms with Gasteiger partial charge in [-0.15, -0.1) is 0 Å². The second kappa shape index (κ2) is 6.60. The fourth-order valence-electron chi connectivity index (χ4n) is 2.66. The summed E-state index contributed by atoms with van der Waals surface area (Å²) in [4.78, 5) is 12.0. The molecule has 0 aliphatic carbocycles. The Labute approximate surface area is 131 Å². The number of carbonyl (C=O) groups is 1. The maximum absolute atomic E-state index is 12.0. The van der Waals surface area contributed by atoms with Crippen molar-refractivity contribution in [2.45, 2.75) is 40.7 Å². The van der Waals surface area contributed by atoms with Crippen LogP contribution in [0.3, 0.4) is 0 Å². The van der Waals surface area contributed by atoms with E-state index in [1.807, 2.05) is 19.1 Å². The zero-order valence-electron chi connectivity index (χ0n) is 13.8. The van der Waals surface area contributed by atoms with E-state index in [1.54, 1.807) is 18.3 Å². The van der Waals surface area contributed by atoms with Crippen LogP contribution in [0.4, 0.5) is 0 Å². The number of nitrogens with zero attached hydrogens (tertiary/aromatic N) is 2. The highest BCUT2D eigenvalue weighted by Crippen LogP contribution is 2.18. The zero-order chi connectivity index (χ0) is 16.3. The minimum atomic E-state index is -0.200. The van der Waals surface area contributed by atoms with Gasteiger partial charge in [-0.05, 0) is 52.8 Å². The van der Waals surface area contributed by atoms with Gasteiger partial charge in [0.15, 0.2) is 0 Å². The highest BCUT2D eigenvalue weighted by molar-refractivity contribution is 5.95. The van der Waals surface area contributed by atoms with E-state index in [9.17, 15) is 4.79 Å². The molecule has 1 heterocycles. The molecule has 0 bridgehead atoms. The Hall–Kier alpha value is -2.36. The molecule has 2 aromatic rings. The van der Waals surface area contributed by atoms with Gasteiger partial charge < -0.3 is 4.57 Å². The van der Waals surface area contributed by atoms with Gasteiger partial charge in [0.05, 0.1) is 6.21 Å². The van der Waals surface area contributed by atoms with Gasteiger partial charge in [-0.2, -0.15) is 5.10 Å². The first-order valence-corrected chi connectivity index (χ1v) is 7.48. The molecule has 0 saturated carbocycles. The average Bonchev–Trinajstić information content (AvgIpc) is 2.74. The lowest BCUT2D eigenvalue weighted by Gasteiger charge is -2.13. The first-order valence-electron chi connectivity index (χ1n) is 7.48. The van der Waals surface area contributed by atoms with Crippen molar-refractivity contribution >= 4 is 12.1 Å². The number of hydrogen-bond acceptors (Lipinski definition) is 2. The third-order valence-corrected chi connectivity index (χ3v) is 3.72. The first kappa shape index (κ1) is 16.0. The van der Waals surface area contributed by atoms with Gasteiger partial charge in [-0.3, -0.25) is 4.79 Å². The number of rotatable bonds is 4. The third kappa shape index (κ3) is 3.45. The fourth-order valence-corrected chi connectivity index (χ4v) is 2.66. The monoisotopic (exact) mass is 297 g/mol. The summed E-state index contributed by atoms with van der Waals surface area (Å²) in [6, 6.07) is 9.90. The molecule has 2 rings (SSSR count). The van der Waals surface area contributed by atoms with E-state index >= 15 is 0 Å². The van der Waals surface area contributed by atoms with Crippen LogP contribution in [0.5, 0.6) is 0 Å². The number of carbonyl (C=O) groups excluding carboxylic acids is 1. The molecule has 4 nitrogen and oxygen atoms in total. The van der Waals surface area contributed by atoms with Crippen molar-refractivity contribution in [3.8, 4) is 0 Å². The SMILES string of the molecule is Cc1ccc(C(=O)N/N=C\c2cc(C)n(C(C)C)c2C)cc1. The van der Waals surface area contributed by atoms with Gasteiger partial charge in [0, 0.05) is 28.6 Å². The van der Waals surface area contributed by atoms with E-state index in [-0.39, 0.29) is 5.91 Å². The van der Waals surface area contributed by atoms with Crippen LogP contribution in [0.1, 0.15) is 52.8 Å². The van der Waals surface area contributed by atoms with Crippen molar-refractivity contribution in [1.82, 2.24) is 9.99 Å². The molecule has 0 fully saturated rings. The summed E-state index contributed by atoms with van der Waals surface area (Å²) < 4.78 is 2.25. The van der Waals surface area contributed by atoms with Gasteiger partial charge >= 0.3 is 0 Å². The molecule has 0 radical (unpaired) electrons. The van der Waals surface area contributed by atoms with Crippen molar-refractivity contribution in [3.63, 3.8) is 0 Å². The molecule has 0 saturated heterocycles. The van der Waals surface area contributed by atoms with Crippen LogP contribution in [-0.2, 0) is 0 Å². The number of hydrazone groups is 1. The topological polar surface area (TPSA) is 46.4 Å². The van der Waals surface area contributed by atoms with E-state index in [0.29, 0.717) is 11.6 Å². The molecule has 1 aromatic carbocycles. The van der Waals surface area contributed by atoms with E-state index in [4.69, 9.17) is 0 Å². The first-order chi connectivity index (χ1) is 10.4. The van der Waals surface area contributed by atoms with Gasteiger partial charge in [-0.1, -0.05) is 17.7 Å². The smallest absolute Gasteiger partial charge is 0.271 e. The summed E-state index contributed by atoms with van der Waals surface area (Å²) in [5.74, 6) is -0.200. The summed E-state index contributed by atoms with van der Waals surface area (Å²) in [5.41, 5.74) is 7.68. The van der Waals surface area contributed by atoms with Gasteiger partial charge in [0.1, 0.15) is 0 Å². The van der Waals surface area contributed by atoms with Crippen LogP contribution < -0.4 is 5.43 Å². The highest BCUT2D eigenvalue weighted by atomic mass is 16.2. The number of benzene rings is 1. The molecule has 1 N–H and O–H groups in total. The van der Waals surface area contributed by atoms with Crippen molar-refractivity contribution in [1.29, 1.82) is 0 Å². The lowest BCUT2D eigenvalue weighted by molar-refractivity contribution is 0.0955. The molecular formula is C18H23N3O. The number of aromatic nitrogens is 1. The molecule has 0 spiro atoms. The summed E-state index contributed by atoms with van der Waals surface area (Å²) >= 11 is 0. The Balaban J connectivity index is 2.08. The predicted molar refractivity (Wildman–Crippen MR) is 90.5 cm³/mol. The molecule has 0 atom stereocenters. The number of amides is 1. The van der Waals surface area contributed by atoms with Crippen LogP contribution in [0.2, 0.25) is 0 Å². The van der Waals surface area contributed by atoms with E-state index in [2.05, 4.69) is 48.9 Å². The largest absolute Gasteiger partial charge is 0.346 e. The summed E-state index contributed by atoms with van der Waals surface area (Å²) in [5, 5.41) is 4.08. The number of nitrogens with one attached hydrogen (secondary N) is 1. The Bertz CT molecular complexity index is 694. The standard InChI is InChI=1S/C18H23N3O/c1-12(2)21-14(4)10-17(15(21)5)11-19-20-18(22)16-8-6-13(3)7-9-16/h6-12H,1-5H3,(H,20,22)/b19-11-. The predicted octanol–water partition coefficient (Wildman–Crippen LogP) is 3.76. The van der Waals surface area contributed by atoms with Crippen LogP contribution in [0.25, 0.3) is 0 Å². The Kier molecular flexibility index (Phi) is 4.81. The third-order valence-electron chi connectivity index (χ3n) is 3.72. The lowest BCUT2D eigenvalue weighted by Crippen LogP contribution is -2.17. The summed E-state index contributed by atoms with van der Waals surface area (Å²) in [6.45, 7) is 10.4. The van der Waals surface area contributed by atoms with Crippen molar-refractivity contribution < 1.29 is 4.79 Å². The Morgan fingerprint density at radius 2 is 1.82 bits per heavy atom. The van der Waals surface area contributed by atoms with E-state index < -0.39 is 0 Å². The number of aryl methyl sites for hydroxylation is 2. The van der Waals surface area contributed by atoms with Gasteiger partial charge in [0.2, 0.25) is 0 Å². The van der Waals surface area contributed by atoms with Crippen molar-refractivity contribution in [2.24, 2.45) is 5.10 Å². The highest BCUT2D eigenvalue weighted by Gasteiger charge is 2.10. The summed E-state index contributed by atoms with van der Waals surface area (Å²) in [7, 11) is 0. The molecule has 22 heavy (non-hydrogen) atoms. The van der Waals surface area contributed by atoms with Crippen LogP contribution in [-0.4, -0.2) is 16.7 Å². The quantitative estimate of drug-likeness (QED) is 0.678. The van der Waals surface area contributed by atoms with Crippen LogP contribution >= 0.6 is 0 Å². The Morgan fingerprint density at radius 1 is 1.18 bits per heavy atom. The van der Waals surface area contributed by atoms with E-state index in [1.165, 1.54) is 5.69 Å². The molecule has 1 aromatic heterocycles.